The van der Waals surface area contributed by atoms with E-state index < -0.39 is 0 Å². The molecule has 1 aliphatic rings. The van der Waals surface area contributed by atoms with E-state index >= 15 is 0 Å². The van der Waals surface area contributed by atoms with Crippen LogP contribution in [-0.4, -0.2) is 52.5 Å². The highest BCUT2D eigenvalue weighted by atomic mass is 16.5. The van der Waals surface area contributed by atoms with Gasteiger partial charge >= 0.3 is 0 Å². The van der Waals surface area contributed by atoms with Crippen LogP contribution in [-0.2, 0) is 17.6 Å². The Hall–Kier alpha value is -3.91. The van der Waals surface area contributed by atoms with Crippen molar-refractivity contribution in [1.29, 1.82) is 0 Å². The van der Waals surface area contributed by atoms with Gasteiger partial charge in [-0.1, -0.05) is 24.3 Å². The first kappa shape index (κ1) is 21.6. The van der Waals surface area contributed by atoms with Crippen molar-refractivity contribution in [2.24, 2.45) is 0 Å². The molecular formula is C27H27N5O3. The Labute approximate surface area is 203 Å². The van der Waals surface area contributed by atoms with Crippen molar-refractivity contribution in [2.75, 3.05) is 31.7 Å². The zero-order valence-corrected chi connectivity index (χ0v) is 19.8. The van der Waals surface area contributed by atoms with Gasteiger partial charge in [-0.05, 0) is 36.2 Å². The molecule has 0 spiro atoms. The van der Waals surface area contributed by atoms with Crippen LogP contribution in [0.5, 0.6) is 5.88 Å². The molecular weight excluding hydrogens is 442 g/mol. The smallest absolute Gasteiger partial charge is 0.232 e. The molecule has 0 atom stereocenters. The van der Waals surface area contributed by atoms with E-state index in [0.29, 0.717) is 18.2 Å². The predicted molar refractivity (Wildman–Crippen MR) is 134 cm³/mol. The van der Waals surface area contributed by atoms with E-state index in [4.69, 9.17) is 19.0 Å². The van der Waals surface area contributed by atoms with E-state index in [1.807, 2.05) is 24.3 Å². The van der Waals surface area contributed by atoms with E-state index in [0.717, 1.165) is 54.1 Å². The number of anilines is 1. The van der Waals surface area contributed by atoms with E-state index in [-0.39, 0.29) is 6.10 Å². The topological polar surface area (TPSA) is 77.9 Å². The van der Waals surface area contributed by atoms with Crippen LogP contribution in [0.15, 0.2) is 65.3 Å². The second kappa shape index (κ2) is 9.03. The number of ether oxygens (including phenoxy) is 2. The molecule has 0 saturated heterocycles. The van der Waals surface area contributed by atoms with Gasteiger partial charge in [-0.2, -0.15) is 0 Å². The Bertz CT molecular complexity index is 1470. The second-order valence-corrected chi connectivity index (χ2v) is 8.73. The number of furan rings is 1. The van der Waals surface area contributed by atoms with Crippen LogP contribution in [0.2, 0.25) is 0 Å². The summed E-state index contributed by atoms with van der Waals surface area (Å²) in [6.07, 6.45) is 5.42. The van der Waals surface area contributed by atoms with Crippen LogP contribution >= 0.6 is 0 Å². The van der Waals surface area contributed by atoms with Crippen LogP contribution in [0.25, 0.3) is 28.1 Å². The fourth-order valence-electron chi connectivity index (χ4n) is 4.80. The molecule has 0 radical (unpaired) electrons. The number of fused-ring (bicyclic) bond motifs is 3. The number of nitrogens with zero attached hydrogens (tertiary/aromatic N) is 5. The maximum Gasteiger partial charge on any atom is 0.232 e. The summed E-state index contributed by atoms with van der Waals surface area (Å²) in [6, 6.07) is 16.2. The highest BCUT2D eigenvalue weighted by Crippen LogP contribution is 2.33. The van der Waals surface area contributed by atoms with Crippen LogP contribution < -0.4 is 9.64 Å². The lowest BCUT2D eigenvalue weighted by Crippen LogP contribution is -2.27. The molecule has 8 heteroatoms. The molecule has 0 amide bonds. The van der Waals surface area contributed by atoms with Crippen molar-refractivity contribution in [1.82, 2.24) is 19.6 Å². The van der Waals surface area contributed by atoms with Gasteiger partial charge in [0.2, 0.25) is 5.88 Å². The highest BCUT2D eigenvalue weighted by molar-refractivity contribution is 5.91. The SMILES string of the molecule is CCN(CCOC)c1nccc2oc(-c3cnc4ccc(OC5Cc6ccccc6C5)nn34)cc12. The van der Waals surface area contributed by atoms with E-state index in [1.54, 1.807) is 24.0 Å². The molecule has 6 rings (SSSR count). The van der Waals surface area contributed by atoms with Crippen molar-refractivity contribution in [3.05, 3.63) is 72.1 Å². The van der Waals surface area contributed by atoms with Gasteiger partial charge in [0.05, 0.1) is 18.2 Å². The van der Waals surface area contributed by atoms with Gasteiger partial charge in [0.25, 0.3) is 0 Å². The Morgan fingerprint density at radius 2 is 1.91 bits per heavy atom. The Morgan fingerprint density at radius 3 is 2.69 bits per heavy atom. The largest absolute Gasteiger partial charge is 0.473 e. The number of aromatic nitrogens is 4. The summed E-state index contributed by atoms with van der Waals surface area (Å²) in [5, 5.41) is 5.70. The molecule has 0 saturated carbocycles. The third-order valence-electron chi connectivity index (χ3n) is 6.56. The van der Waals surface area contributed by atoms with Gasteiger partial charge in [0.15, 0.2) is 11.4 Å². The van der Waals surface area contributed by atoms with E-state index in [1.165, 1.54) is 11.1 Å². The molecule has 4 heterocycles. The van der Waals surface area contributed by atoms with E-state index in [2.05, 4.69) is 46.1 Å². The molecule has 0 N–H and O–H groups in total. The summed E-state index contributed by atoms with van der Waals surface area (Å²) in [5.74, 6) is 2.14. The maximum absolute atomic E-state index is 6.27. The van der Waals surface area contributed by atoms with Gasteiger partial charge in [-0.15, -0.1) is 5.10 Å². The minimum Gasteiger partial charge on any atom is -0.473 e. The molecule has 8 nitrogen and oxygen atoms in total. The normalized spacial score (nSPS) is 13.5. The number of pyridine rings is 1. The number of benzene rings is 1. The van der Waals surface area contributed by atoms with Crippen LogP contribution in [0.4, 0.5) is 5.82 Å². The Kier molecular flexibility index (Phi) is 5.58. The number of hydrogen-bond acceptors (Lipinski definition) is 7. The monoisotopic (exact) mass is 469 g/mol. The first-order valence-electron chi connectivity index (χ1n) is 11.9. The number of imidazole rings is 1. The third kappa shape index (κ3) is 4.00. The lowest BCUT2D eigenvalue weighted by atomic mass is 10.1. The molecule has 178 valence electrons. The summed E-state index contributed by atoms with van der Waals surface area (Å²) in [7, 11) is 1.71. The van der Waals surface area contributed by atoms with Crippen LogP contribution in [0, 0.1) is 0 Å². The van der Waals surface area contributed by atoms with Crippen molar-refractivity contribution in [2.45, 2.75) is 25.9 Å². The number of rotatable bonds is 8. The molecule has 0 bridgehead atoms. The van der Waals surface area contributed by atoms with Crippen molar-refractivity contribution >= 4 is 22.4 Å². The van der Waals surface area contributed by atoms with Gasteiger partial charge in [-0.3, -0.25) is 0 Å². The minimum atomic E-state index is 0.0799. The quantitative estimate of drug-likeness (QED) is 0.330. The summed E-state index contributed by atoms with van der Waals surface area (Å²) in [4.78, 5) is 11.3. The third-order valence-corrected chi connectivity index (χ3v) is 6.56. The van der Waals surface area contributed by atoms with Crippen molar-refractivity contribution in [3.63, 3.8) is 0 Å². The average molecular weight is 470 g/mol. The van der Waals surface area contributed by atoms with Gasteiger partial charge in [0, 0.05) is 45.3 Å². The highest BCUT2D eigenvalue weighted by Gasteiger charge is 2.23. The second-order valence-electron chi connectivity index (χ2n) is 8.73. The Morgan fingerprint density at radius 1 is 1.09 bits per heavy atom. The fourth-order valence-corrected chi connectivity index (χ4v) is 4.80. The first-order chi connectivity index (χ1) is 17.2. The standard InChI is InChI=1S/C27H27N5O3/c1-3-31(12-13-33-2)27-21-16-24(35-23(21)10-11-28-27)22-17-29-25-8-9-26(30-32(22)25)34-20-14-18-6-4-5-7-19(18)15-20/h4-11,16-17,20H,3,12-15H2,1-2H3. The molecule has 5 aromatic rings. The molecule has 0 unspecified atom stereocenters. The minimum absolute atomic E-state index is 0.0799. The predicted octanol–water partition coefficient (Wildman–Crippen LogP) is 4.56. The van der Waals surface area contributed by atoms with Gasteiger partial charge in [0.1, 0.15) is 23.2 Å². The lowest BCUT2D eigenvalue weighted by molar-refractivity contribution is 0.202. The van der Waals surface area contributed by atoms with Gasteiger partial charge in [-0.25, -0.2) is 14.5 Å². The summed E-state index contributed by atoms with van der Waals surface area (Å²) >= 11 is 0. The Balaban J connectivity index is 1.32. The summed E-state index contributed by atoms with van der Waals surface area (Å²) < 4.78 is 19.6. The summed E-state index contributed by atoms with van der Waals surface area (Å²) in [5.41, 5.74) is 4.96. The number of methoxy groups -OCH3 is 1. The molecule has 1 aromatic carbocycles. The number of hydrogen-bond donors (Lipinski definition) is 0. The van der Waals surface area contributed by atoms with Crippen molar-refractivity contribution in [3.8, 4) is 17.3 Å². The van der Waals surface area contributed by atoms with E-state index in [9.17, 15) is 0 Å². The van der Waals surface area contributed by atoms with Crippen LogP contribution in [0.3, 0.4) is 0 Å². The molecule has 1 aliphatic carbocycles. The zero-order valence-electron chi connectivity index (χ0n) is 19.8. The van der Waals surface area contributed by atoms with Crippen LogP contribution in [0.1, 0.15) is 18.1 Å². The lowest BCUT2D eigenvalue weighted by Gasteiger charge is -2.21. The van der Waals surface area contributed by atoms with Gasteiger partial charge < -0.3 is 18.8 Å². The summed E-state index contributed by atoms with van der Waals surface area (Å²) in [6.45, 7) is 4.31. The molecule has 0 aliphatic heterocycles. The molecule has 0 fully saturated rings. The van der Waals surface area contributed by atoms with Crippen molar-refractivity contribution < 1.29 is 13.9 Å². The zero-order chi connectivity index (χ0) is 23.8. The first-order valence-corrected chi connectivity index (χ1v) is 11.9. The average Bonchev–Trinajstić information content (AvgIpc) is 3.60. The maximum atomic E-state index is 6.27. The molecule has 35 heavy (non-hydrogen) atoms. The molecule has 4 aromatic heterocycles. The number of likely N-dealkylation sites (N-methyl/N-ethyl adjacent to an activating group) is 1. The fraction of sp³-hybridized carbons (Fsp3) is 0.296.